The van der Waals surface area contributed by atoms with Gasteiger partial charge < -0.3 is 15.2 Å². The highest BCUT2D eigenvalue weighted by Gasteiger charge is 2.22. The Morgan fingerprint density at radius 1 is 0.933 bits per heavy atom. The fourth-order valence-corrected chi connectivity index (χ4v) is 4.93. The Morgan fingerprint density at radius 3 is 2.70 bits per heavy atom. The summed E-state index contributed by atoms with van der Waals surface area (Å²) in [6.07, 6.45) is 7.02. The Bertz CT molecular complexity index is 1030. The van der Waals surface area contributed by atoms with Crippen LogP contribution in [-0.2, 0) is 17.6 Å². The van der Waals surface area contributed by atoms with E-state index in [-0.39, 0.29) is 5.91 Å². The van der Waals surface area contributed by atoms with Crippen LogP contribution in [0.5, 0.6) is 0 Å². The summed E-state index contributed by atoms with van der Waals surface area (Å²) in [5.41, 5.74) is 6.30. The molecule has 5 nitrogen and oxygen atoms in total. The Hall–Kier alpha value is -2.79. The maximum absolute atomic E-state index is 11.9. The lowest BCUT2D eigenvalue weighted by Gasteiger charge is -2.37. The number of fused-ring (bicyclic) bond motifs is 2. The molecule has 2 aromatic carbocycles. The van der Waals surface area contributed by atoms with Crippen LogP contribution in [0.1, 0.15) is 30.4 Å². The molecule has 3 heterocycles. The molecule has 0 aliphatic carbocycles. The minimum atomic E-state index is 0.144. The van der Waals surface area contributed by atoms with Crippen LogP contribution in [0.4, 0.5) is 11.4 Å². The van der Waals surface area contributed by atoms with Gasteiger partial charge in [-0.25, -0.2) is 0 Å². The van der Waals surface area contributed by atoms with Crippen molar-refractivity contribution < 1.29 is 4.79 Å². The zero-order valence-electron chi connectivity index (χ0n) is 17.5. The standard InChI is InChI=1S/C25H30N4O/c30-25-12-3-8-21-23(27-25)10-4-11-24(21)29-16-14-28(15-17-29)13-5-6-19-18-26-22-9-2-1-7-20(19)22/h1-2,4,7,9-11,18,26H,3,5-6,8,12-17H2,(H,27,30). The van der Waals surface area contributed by atoms with Crippen LogP contribution in [0.15, 0.2) is 48.7 Å². The third kappa shape index (κ3) is 3.94. The Labute approximate surface area is 178 Å². The third-order valence-corrected chi connectivity index (χ3v) is 6.56. The number of carbonyl (C=O) groups excluding carboxylic acids is 1. The first kappa shape index (κ1) is 19.2. The first-order valence-electron chi connectivity index (χ1n) is 11.2. The number of piperazine rings is 1. The topological polar surface area (TPSA) is 51.4 Å². The predicted octanol–water partition coefficient (Wildman–Crippen LogP) is 4.20. The highest BCUT2D eigenvalue weighted by Crippen LogP contribution is 2.32. The zero-order chi connectivity index (χ0) is 20.3. The van der Waals surface area contributed by atoms with Crippen molar-refractivity contribution in [3.05, 3.63) is 59.8 Å². The normalized spacial score (nSPS) is 17.6. The molecule has 0 radical (unpaired) electrons. The smallest absolute Gasteiger partial charge is 0.224 e. The highest BCUT2D eigenvalue weighted by atomic mass is 16.1. The molecule has 1 aromatic heterocycles. The van der Waals surface area contributed by atoms with Gasteiger partial charge in [0.1, 0.15) is 0 Å². The van der Waals surface area contributed by atoms with Crippen LogP contribution in [-0.4, -0.2) is 48.5 Å². The molecule has 0 unspecified atom stereocenters. The Morgan fingerprint density at radius 2 is 1.80 bits per heavy atom. The van der Waals surface area contributed by atoms with Crippen LogP contribution in [0, 0.1) is 0 Å². The van der Waals surface area contributed by atoms with E-state index < -0.39 is 0 Å². The number of aryl methyl sites for hydroxylation is 1. The third-order valence-electron chi connectivity index (χ3n) is 6.56. The molecular formula is C25H30N4O. The van der Waals surface area contributed by atoms with Gasteiger partial charge >= 0.3 is 0 Å². The Balaban J connectivity index is 1.16. The molecule has 3 aromatic rings. The molecule has 0 saturated carbocycles. The molecule has 2 N–H and O–H groups in total. The first-order valence-corrected chi connectivity index (χ1v) is 11.2. The van der Waals surface area contributed by atoms with E-state index in [1.165, 1.54) is 34.1 Å². The summed E-state index contributed by atoms with van der Waals surface area (Å²) in [5, 5.41) is 4.45. The van der Waals surface area contributed by atoms with Crippen molar-refractivity contribution in [2.24, 2.45) is 0 Å². The number of H-pyrrole nitrogens is 1. The second-order valence-corrected chi connectivity index (χ2v) is 8.50. The van der Waals surface area contributed by atoms with Gasteiger partial charge in [-0.2, -0.15) is 0 Å². The van der Waals surface area contributed by atoms with E-state index in [1.54, 1.807) is 0 Å². The summed E-state index contributed by atoms with van der Waals surface area (Å²) >= 11 is 0. The van der Waals surface area contributed by atoms with E-state index >= 15 is 0 Å². The van der Waals surface area contributed by atoms with Crippen LogP contribution >= 0.6 is 0 Å². The van der Waals surface area contributed by atoms with Crippen molar-refractivity contribution in [1.29, 1.82) is 0 Å². The van der Waals surface area contributed by atoms with E-state index in [4.69, 9.17) is 0 Å². The maximum atomic E-state index is 11.9. The fraction of sp³-hybridized carbons (Fsp3) is 0.400. The van der Waals surface area contributed by atoms with E-state index in [1.807, 2.05) is 6.07 Å². The van der Waals surface area contributed by atoms with Crippen LogP contribution < -0.4 is 10.2 Å². The minimum Gasteiger partial charge on any atom is -0.369 e. The largest absolute Gasteiger partial charge is 0.369 e. The number of para-hydroxylation sites is 1. The summed E-state index contributed by atoms with van der Waals surface area (Å²) < 4.78 is 0. The number of hydrogen-bond donors (Lipinski definition) is 2. The second kappa shape index (κ2) is 8.52. The van der Waals surface area contributed by atoms with Crippen molar-refractivity contribution in [2.75, 3.05) is 42.9 Å². The number of aromatic amines is 1. The molecule has 156 valence electrons. The highest BCUT2D eigenvalue weighted by molar-refractivity contribution is 5.93. The van der Waals surface area contributed by atoms with Crippen molar-refractivity contribution in [2.45, 2.75) is 32.1 Å². The molecule has 2 aliphatic heterocycles. The Kier molecular flexibility index (Phi) is 5.45. The van der Waals surface area contributed by atoms with Gasteiger partial charge in [0.15, 0.2) is 0 Å². The molecule has 0 spiro atoms. The summed E-state index contributed by atoms with van der Waals surface area (Å²) in [6.45, 7) is 5.46. The van der Waals surface area contributed by atoms with E-state index in [0.717, 1.165) is 57.7 Å². The SMILES string of the molecule is O=C1CCCc2c(cccc2N2CCN(CCCc3c[nH]c4ccccc34)CC2)N1. The lowest BCUT2D eigenvalue weighted by molar-refractivity contribution is -0.116. The van der Waals surface area contributed by atoms with Crippen molar-refractivity contribution in [3.8, 4) is 0 Å². The van der Waals surface area contributed by atoms with Crippen molar-refractivity contribution in [1.82, 2.24) is 9.88 Å². The molecule has 1 fully saturated rings. The molecular weight excluding hydrogens is 372 g/mol. The van der Waals surface area contributed by atoms with Crippen LogP contribution in [0.25, 0.3) is 10.9 Å². The van der Waals surface area contributed by atoms with E-state index in [2.05, 4.69) is 62.7 Å². The number of benzene rings is 2. The van der Waals surface area contributed by atoms with Gasteiger partial charge in [0, 0.05) is 61.1 Å². The number of amides is 1. The number of carbonyl (C=O) groups is 1. The van der Waals surface area contributed by atoms with Gasteiger partial charge in [0.25, 0.3) is 0 Å². The fourth-order valence-electron chi connectivity index (χ4n) is 4.93. The van der Waals surface area contributed by atoms with Gasteiger partial charge in [-0.15, -0.1) is 0 Å². The summed E-state index contributed by atoms with van der Waals surface area (Å²) in [7, 11) is 0. The molecule has 1 amide bonds. The summed E-state index contributed by atoms with van der Waals surface area (Å²) in [4.78, 5) is 20.4. The van der Waals surface area contributed by atoms with Crippen LogP contribution in [0.2, 0.25) is 0 Å². The second-order valence-electron chi connectivity index (χ2n) is 8.50. The first-order chi connectivity index (χ1) is 14.8. The number of nitrogens with one attached hydrogen (secondary N) is 2. The van der Waals surface area contributed by atoms with E-state index in [9.17, 15) is 4.79 Å². The average molecular weight is 403 g/mol. The summed E-state index contributed by atoms with van der Waals surface area (Å²) in [5.74, 6) is 0.144. The molecule has 2 aliphatic rings. The minimum absolute atomic E-state index is 0.144. The average Bonchev–Trinajstić information content (AvgIpc) is 3.08. The van der Waals surface area contributed by atoms with Gasteiger partial charge in [0.05, 0.1) is 0 Å². The maximum Gasteiger partial charge on any atom is 0.224 e. The lowest BCUT2D eigenvalue weighted by atomic mass is 10.0. The number of hydrogen-bond acceptors (Lipinski definition) is 3. The number of aromatic nitrogens is 1. The molecule has 5 rings (SSSR count). The molecule has 0 atom stereocenters. The number of rotatable bonds is 5. The number of anilines is 2. The predicted molar refractivity (Wildman–Crippen MR) is 123 cm³/mol. The van der Waals surface area contributed by atoms with E-state index in [0.29, 0.717) is 6.42 Å². The van der Waals surface area contributed by atoms with Gasteiger partial charge in [0.2, 0.25) is 5.91 Å². The molecule has 1 saturated heterocycles. The quantitative estimate of drug-likeness (QED) is 0.673. The zero-order valence-corrected chi connectivity index (χ0v) is 17.5. The molecule has 30 heavy (non-hydrogen) atoms. The lowest BCUT2D eigenvalue weighted by Crippen LogP contribution is -2.47. The van der Waals surface area contributed by atoms with Gasteiger partial charge in [-0.1, -0.05) is 24.3 Å². The summed E-state index contributed by atoms with van der Waals surface area (Å²) in [6, 6.07) is 14.9. The van der Waals surface area contributed by atoms with Crippen LogP contribution in [0.3, 0.4) is 0 Å². The number of nitrogens with zero attached hydrogens (tertiary/aromatic N) is 2. The molecule has 5 heteroatoms. The monoisotopic (exact) mass is 402 g/mol. The van der Waals surface area contributed by atoms with Crippen molar-refractivity contribution >= 4 is 28.2 Å². The van der Waals surface area contributed by atoms with Crippen molar-refractivity contribution in [3.63, 3.8) is 0 Å². The van der Waals surface area contributed by atoms with Gasteiger partial charge in [-0.3, -0.25) is 9.69 Å². The molecule has 0 bridgehead atoms. The van der Waals surface area contributed by atoms with Gasteiger partial charge in [-0.05, 0) is 61.6 Å².